The van der Waals surface area contributed by atoms with Gasteiger partial charge in [0.25, 0.3) is 11.1 Å². The van der Waals surface area contributed by atoms with Crippen LogP contribution < -0.4 is 5.73 Å². The number of amides is 2. The molecule has 6 nitrogen and oxygen atoms in total. The number of benzene rings is 2. The molecule has 2 aromatic carbocycles. The van der Waals surface area contributed by atoms with Gasteiger partial charge in [0.2, 0.25) is 0 Å². The fraction of sp³-hybridized carbons (Fsp3) is 0.346. The second kappa shape index (κ2) is 10.2. The Morgan fingerprint density at radius 2 is 1.97 bits per heavy atom. The van der Waals surface area contributed by atoms with Crippen LogP contribution >= 0.6 is 23.4 Å². The molecule has 0 bridgehead atoms. The fourth-order valence-electron chi connectivity index (χ4n) is 5.00. The number of thioether (sulfide) groups is 1. The monoisotopic (exact) mass is 548 g/mol. The molecule has 2 unspecified atom stereocenters. The van der Waals surface area contributed by atoms with Gasteiger partial charge in [-0.1, -0.05) is 30.2 Å². The van der Waals surface area contributed by atoms with E-state index in [9.17, 15) is 22.8 Å². The molecule has 2 aliphatic rings. The summed E-state index contributed by atoms with van der Waals surface area (Å²) in [6.45, 7) is 0.296. The van der Waals surface area contributed by atoms with Crippen LogP contribution in [0.4, 0.5) is 18.0 Å². The molecule has 11 heteroatoms. The van der Waals surface area contributed by atoms with Crippen molar-refractivity contribution in [3.05, 3.63) is 69.2 Å². The number of rotatable bonds is 5. The maximum absolute atomic E-state index is 13.5. The van der Waals surface area contributed by atoms with Crippen LogP contribution in [-0.2, 0) is 17.5 Å². The van der Waals surface area contributed by atoms with E-state index >= 15 is 0 Å². The lowest BCUT2D eigenvalue weighted by atomic mass is 9.86. The minimum Gasteiger partial charge on any atom is -0.328 e. The number of fused-ring (bicyclic) bond motifs is 1. The maximum Gasteiger partial charge on any atom is 0.416 e. The van der Waals surface area contributed by atoms with Gasteiger partial charge in [-0.25, -0.2) is 0 Å². The highest BCUT2D eigenvalue weighted by molar-refractivity contribution is 8.18. The molecule has 1 saturated carbocycles. The van der Waals surface area contributed by atoms with Crippen molar-refractivity contribution in [1.29, 1.82) is 0 Å². The number of hydrogen-bond donors (Lipinski definition) is 1. The zero-order valence-corrected chi connectivity index (χ0v) is 21.2. The van der Waals surface area contributed by atoms with Gasteiger partial charge in [0.05, 0.1) is 28.7 Å². The molecule has 1 aromatic heterocycles. The SMILES string of the molecule is NC1CCCC(CN2C(=O)SC(=Cc3ccc4c(cnn4Cc4ccc(Cl)cc4C(F)(F)F)c3)C2=O)C1. The van der Waals surface area contributed by atoms with Gasteiger partial charge in [-0.2, -0.15) is 18.3 Å². The van der Waals surface area contributed by atoms with Gasteiger partial charge in [-0.05, 0) is 78.4 Å². The van der Waals surface area contributed by atoms with Crippen molar-refractivity contribution < 1.29 is 22.8 Å². The average Bonchev–Trinajstić information content (AvgIpc) is 3.35. The molecule has 2 fully saturated rings. The molecule has 2 amide bonds. The lowest BCUT2D eigenvalue weighted by Crippen LogP contribution is -2.37. The molecule has 2 atom stereocenters. The van der Waals surface area contributed by atoms with E-state index in [1.807, 2.05) is 0 Å². The molecule has 0 spiro atoms. The van der Waals surface area contributed by atoms with Gasteiger partial charge in [0.15, 0.2) is 0 Å². The Morgan fingerprint density at radius 3 is 2.73 bits per heavy atom. The molecule has 1 aliphatic carbocycles. The second-order valence-corrected chi connectivity index (χ2v) is 10.9. The number of carbonyl (C=O) groups is 2. The molecular formula is C26H24ClF3N4O2S. The number of carbonyl (C=O) groups excluding carboxylic acids is 2. The van der Waals surface area contributed by atoms with Crippen LogP contribution in [0, 0.1) is 5.92 Å². The first-order chi connectivity index (χ1) is 17.6. The fourth-order valence-corrected chi connectivity index (χ4v) is 6.02. The molecule has 37 heavy (non-hydrogen) atoms. The number of halogens is 4. The highest BCUT2D eigenvalue weighted by Crippen LogP contribution is 2.36. The second-order valence-electron chi connectivity index (χ2n) is 9.50. The van der Waals surface area contributed by atoms with Gasteiger partial charge >= 0.3 is 6.18 Å². The van der Waals surface area contributed by atoms with E-state index < -0.39 is 11.7 Å². The summed E-state index contributed by atoms with van der Waals surface area (Å²) < 4.78 is 42.0. The van der Waals surface area contributed by atoms with Crippen LogP contribution in [0.5, 0.6) is 0 Å². The van der Waals surface area contributed by atoms with E-state index in [4.69, 9.17) is 17.3 Å². The molecule has 1 aliphatic heterocycles. The number of hydrogen-bond acceptors (Lipinski definition) is 5. The molecule has 194 valence electrons. The minimum atomic E-state index is -4.54. The first-order valence-electron chi connectivity index (χ1n) is 11.9. The van der Waals surface area contributed by atoms with Crippen molar-refractivity contribution in [2.24, 2.45) is 11.7 Å². The highest BCUT2D eigenvalue weighted by atomic mass is 35.5. The van der Waals surface area contributed by atoms with Crippen molar-refractivity contribution in [3.63, 3.8) is 0 Å². The lowest BCUT2D eigenvalue weighted by Gasteiger charge is -2.28. The van der Waals surface area contributed by atoms with E-state index in [-0.39, 0.29) is 40.2 Å². The van der Waals surface area contributed by atoms with Crippen molar-refractivity contribution >= 4 is 51.5 Å². The number of aromatic nitrogens is 2. The zero-order valence-electron chi connectivity index (χ0n) is 19.7. The van der Waals surface area contributed by atoms with Crippen LogP contribution in [0.2, 0.25) is 5.02 Å². The number of nitrogens with zero attached hydrogens (tertiary/aromatic N) is 3. The summed E-state index contributed by atoms with van der Waals surface area (Å²) in [6.07, 6.45) is 2.42. The van der Waals surface area contributed by atoms with Crippen LogP contribution in [-0.4, -0.2) is 38.4 Å². The van der Waals surface area contributed by atoms with Crippen molar-refractivity contribution in [1.82, 2.24) is 14.7 Å². The largest absolute Gasteiger partial charge is 0.416 e. The Bertz CT molecular complexity index is 1400. The van der Waals surface area contributed by atoms with Gasteiger partial charge < -0.3 is 5.73 Å². The smallest absolute Gasteiger partial charge is 0.328 e. The Morgan fingerprint density at radius 1 is 1.16 bits per heavy atom. The normalized spacial score (nSPS) is 22.0. The Balaban J connectivity index is 1.35. The number of nitrogens with two attached hydrogens (primary N) is 1. The third-order valence-corrected chi connectivity index (χ3v) is 7.94. The maximum atomic E-state index is 13.5. The molecule has 2 heterocycles. The summed E-state index contributed by atoms with van der Waals surface area (Å²) >= 11 is 6.70. The summed E-state index contributed by atoms with van der Waals surface area (Å²) in [6, 6.07) is 9.08. The molecule has 1 saturated heterocycles. The standard InChI is InChI=1S/C26H24ClF3N4O2S/c27-19-6-5-17(21(11-19)26(28,29)30)14-34-22-7-4-15(8-18(22)12-32-34)10-23-24(35)33(25(36)37-23)13-16-2-1-3-20(31)9-16/h4-8,10-12,16,20H,1-3,9,13-14,31H2. The number of alkyl halides is 3. The highest BCUT2D eigenvalue weighted by Gasteiger charge is 2.37. The van der Waals surface area contributed by atoms with Gasteiger partial charge in [0.1, 0.15) is 0 Å². The first kappa shape index (κ1) is 25.8. The summed E-state index contributed by atoms with van der Waals surface area (Å²) in [7, 11) is 0. The molecule has 3 aromatic rings. The Kier molecular flexibility index (Phi) is 7.08. The Labute approximate surface area is 220 Å². The summed E-state index contributed by atoms with van der Waals surface area (Å²) in [5, 5.41) is 4.70. The minimum absolute atomic E-state index is 0.0118. The Hall–Kier alpha value is -2.82. The molecular weight excluding hydrogens is 525 g/mol. The summed E-state index contributed by atoms with van der Waals surface area (Å²) in [5.41, 5.74) is 6.64. The van der Waals surface area contributed by atoms with Crippen molar-refractivity contribution in [2.45, 2.75) is 44.4 Å². The average molecular weight is 549 g/mol. The van der Waals surface area contributed by atoms with Crippen LogP contribution in [0.3, 0.4) is 0 Å². The summed E-state index contributed by atoms with van der Waals surface area (Å²) in [4.78, 5) is 27.1. The van der Waals surface area contributed by atoms with E-state index in [0.717, 1.165) is 43.5 Å². The third kappa shape index (κ3) is 5.56. The van der Waals surface area contributed by atoms with Crippen LogP contribution in [0.25, 0.3) is 17.0 Å². The molecule has 2 N–H and O–H groups in total. The van der Waals surface area contributed by atoms with Crippen molar-refractivity contribution in [3.8, 4) is 0 Å². The van der Waals surface area contributed by atoms with Crippen molar-refractivity contribution in [2.75, 3.05) is 6.54 Å². The van der Waals surface area contributed by atoms with E-state index in [1.54, 1.807) is 30.5 Å². The summed E-state index contributed by atoms with van der Waals surface area (Å²) in [5.74, 6) is -0.0929. The third-order valence-electron chi connectivity index (χ3n) is 6.80. The molecule has 5 rings (SSSR count). The van der Waals surface area contributed by atoms with E-state index in [1.165, 1.54) is 21.7 Å². The number of imide groups is 1. The predicted molar refractivity (Wildman–Crippen MR) is 138 cm³/mol. The zero-order chi connectivity index (χ0) is 26.3. The van der Waals surface area contributed by atoms with Gasteiger partial charge in [0, 0.05) is 23.0 Å². The molecule has 0 radical (unpaired) electrons. The quantitative estimate of drug-likeness (QED) is 0.378. The van der Waals surface area contributed by atoms with Gasteiger partial charge in [-0.3, -0.25) is 19.2 Å². The van der Waals surface area contributed by atoms with Crippen LogP contribution in [0.15, 0.2) is 47.5 Å². The van der Waals surface area contributed by atoms with Gasteiger partial charge in [-0.15, -0.1) is 0 Å². The predicted octanol–water partition coefficient (Wildman–Crippen LogP) is 6.31. The first-order valence-corrected chi connectivity index (χ1v) is 13.1. The van der Waals surface area contributed by atoms with E-state index in [2.05, 4.69) is 5.10 Å². The lowest BCUT2D eigenvalue weighted by molar-refractivity contribution is -0.138. The topological polar surface area (TPSA) is 81.2 Å². The van der Waals surface area contributed by atoms with Crippen LogP contribution in [0.1, 0.15) is 42.4 Å². The van der Waals surface area contributed by atoms with E-state index in [0.29, 0.717) is 27.9 Å².